The van der Waals surface area contributed by atoms with Crippen molar-refractivity contribution in [3.63, 3.8) is 0 Å². The highest BCUT2D eigenvalue weighted by Crippen LogP contribution is 2.49. The summed E-state index contributed by atoms with van der Waals surface area (Å²) in [5, 5.41) is 4.49. The van der Waals surface area contributed by atoms with Crippen LogP contribution in [0.4, 0.5) is 0 Å². The first-order valence-corrected chi connectivity index (χ1v) is 9.48. The molecule has 4 rings (SSSR count). The van der Waals surface area contributed by atoms with Gasteiger partial charge in [-0.05, 0) is 30.5 Å². The minimum Gasteiger partial charge on any atom is -0.459 e. The molecular formula is C23H24N2O2. The molecule has 0 radical (unpaired) electrons. The van der Waals surface area contributed by atoms with Gasteiger partial charge in [-0.2, -0.15) is 5.10 Å². The van der Waals surface area contributed by atoms with Gasteiger partial charge in [-0.15, -0.1) is 0 Å². The van der Waals surface area contributed by atoms with Crippen molar-refractivity contribution in [1.29, 1.82) is 0 Å². The first-order chi connectivity index (χ1) is 13.2. The van der Waals surface area contributed by atoms with Gasteiger partial charge in [0, 0.05) is 12.1 Å². The van der Waals surface area contributed by atoms with E-state index in [1.807, 2.05) is 84.5 Å². The summed E-state index contributed by atoms with van der Waals surface area (Å²) >= 11 is 0. The number of esters is 1. The molecule has 0 amide bonds. The zero-order valence-corrected chi connectivity index (χ0v) is 15.7. The Kier molecular flexibility index (Phi) is 4.56. The van der Waals surface area contributed by atoms with Gasteiger partial charge in [0.05, 0.1) is 12.2 Å². The second-order valence-electron chi connectivity index (χ2n) is 7.18. The first-order valence-electron chi connectivity index (χ1n) is 9.48. The Labute approximate surface area is 159 Å². The number of ether oxygens (including phenoxy) is 1. The molecule has 3 aromatic rings. The number of aryl methyl sites for hydroxylation is 1. The fraction of sp³-hybridized carbons (Fsp3) is 0.304. The van der Waals surface area contributed by atoms with Crippen molar-refractivity contribution in [1.82, 2.24) is 9.78 Å². The van der Waals surface area contributed by atoms with E-state index in [1.54, 1.807) is 0 Å². The van der Waals surface area contributed by atoms with E-state index >= 15 is 0 Å². The van der Waals surface area contributed by atoms with Crippen molar-refractivity contribution in [2.75, 3.05) is 0 Å². The molecule has 1 fully saturated rings. The van der Waals surface area contributed by atoms with Gasteiger partial charge in [-0.25, -0.2) is 0 Å². The molecule has 0 aliphatic carbocycles. The lowest BCUT2D eigenvalue weighted by Gasteiger charge is -2.33. The van der Waals surface area contributed by atoms with Crippen LogP contribution in [0.5, 0.6) is 0 Å². The SMILES string of the molecule is CCC1C(Cn2ccc(C)n2)OC(=O)C1(c1ccccc1)c1ccccc1. The Morgan fingerprint density at radius 2 is 1.59 bits per heavy atom. The van der Waals surface area contributed by atoms with Gasteiger partial charge in [0.1, 0.15) is 11.5 Å². The normalized spacial score (nSPS) is 21.2. The highest BCUT2D eigenvalue weighted by molar-refractivity contribution is 5.90. The molecule has 0 bridgehead atoms. The van der Waals surface area contributed by atoms with E-state index in [9.17, 15) is 4.79 Å². The Bertz CT molecular complexity index is 878. The highest BCUT2D eigenvalue weighted by Gasteiger charge is 2.58. The van der Waals surface area contributed by atoms with Crippen LogP contribution in [0.3, 0.4) is 0 Å². The summed E-state index contributed by atoms with van der Waals surface area (Å²) in [4.78, 5) is 13.4. The smallest absolute Gasteiger partial charge is 0.321 e. The third kappa shape index (κ3) is 2.85. The lowest BCUT2D eigenvalue weighted by atomic mass is 9.64. The van der Waals surface area contributed by atoms with Crippen LogP contribution < -0.4 is 0 Å². The quantitative estimate of drug-likeness (QED) is 0.643. The van der Waals surface area contributed by atoms with Gasteiger partial charge in [0.25, 0.3) is 0 Å². The number of aromatic nitrogens is 2. The standard InChI is InChI=1S/C23H24N2O2/c1-3-20-21(16-25-15-14-17(2)24-25)27-22(26)23(20,18-10-6-4-7-11-18)19-12-8-5-9-13-19/h4-15,20-21H,3,16H2,1-2H3. The van der Waals surface area contributed by atoms with Gasteiger partial charge < -0.3 is 4.74 Å². The van der Waals surface area contributed by atoms with E-state index in [-0.39, 0.29) is 18.0 Å². The summed E-state index contributed by atoms with van der Waals surface area (Å²) < 4.78 is 7.88. The summed E-state index contributed by atoms with van der Waals surface area (Å²) in [5.74, 6) is -0.139. The molecule has 1 aliphatic rings. The maximum atomic E-state index is 13.4. The van der Waals surface area contributed by atoms with Gasteiger partial charge in [0.15, 0.2) is 0 Å². The van der Waals surface area contributed by atoms with E-state index in [4.69, 9.17) is 4.74 Å². The molecule has 0 saturated carbocycles. The third-order valence-electron chi connectivity index (χ3n) is 5.62. The summed E-state index contributed by atoms with van der Waals surface area (Å²) in [6.07, 6.45) is 2.56. The van der Waals surface area contributed by atoms with Crippen molar-refractivity contribution >= 4 is 5.97 Å². The molecule has 2 aromatic carbocycles. The fourth-order valence-electron chi connectivity index (χ4n) is 4.46. The second kappa shape index (κ2) is 7.03. The van der Waals surface area contributed by atoms with Crippen molar-refractivity contribution in [2.24, 2.45) is 5.92 Å². The average Bonchev–Trinajstić information content (AvgIpc) is 3.23. The third-order valence-corrected chi connectivity index (χ3v) is 5.62. The maximum absolute atomic E-state index is 13.4. The maximum Gasteiger partial charge on any atom is 0.321 e. The molecule has 1 saturated heterocycles. The van der Waals surface area contributed by atoms with Crippen molar-refractivity contribution in [3.05, 3.63) is 89.7 Å². The van der Waals surface area contributed by atoms with Gasteiger partial charge in [0.2, 0.25) is 0 Å². The van der Waals surface area contributed by atoms with Crippen LogP contribution in [-0.4, -0.2) is 21.9 Å². The molecule has 2 heterocycles. The van der Waals surface area contributed by atoms with Crippen LogP contribution in [0, 0.1) is 12.8 Å². The Balaban J connectivity index is 1.83. The van der Waals surface area contributed by atoms with Crippen LogP contribution in [-0.2, 0) is 21.5 Å². The Morgan fingerprint density at radius 1 is 1.00 bits per heavy atom. The number of hydrogen-bond donors (Lipinski definition) is 0. The number of carbonyl (C=O) groups excluding carboxylic acids is 1. The molecule has 1 aromatic heterocycles. The van der Waals surface area contributed by atoms with Crippen LogP contribution in [0.1, 0.15) is 30.2 Å². The molecular weight excluding hydrogens is 336 g/mol. The summed E-state index contributed by atoms with van der Waals surface area (Å²) in [7, 11) is 0. The van der Waals surface area contributed by atoms with Crippen molar-refractivity contribution in [3.8, 4) is 0 Å². The van der Waals surface area contributed by atoms with Crippen LogP contribution in [0.2, 0.25) is 0 Å². The molecule has 27 heavy (non-hydrogen) atoms. The molecule has 2 unspecified atom stereocenters. The van der Waals surface area contributed by atoms with E-state index in [1.165, 1.54) is 0 Å². The van der Waals surface area contributed by atoms with E-state index in [0.29, 0.717) is 6.54 Å². The first kappa shape index (κ1) is 17.5. The number of carbonyl (C=O) groups is 1. The molecule has 4 nitrogen and oxygen atoms in total. The number of hydrogen-bond acceptors (Lipinski definition) is 3. The van der Waals surface area contributed by atoms with Crippen molar-refractivity contribution < 1.29 is 9.53 Å². The average molecular weight is 360 g/mol. The number of nitrogens with zero attached hydrogens (tertiary/aromatic N) is 2. The zero-order chi connectivity index (χ0) is 18.9. The van der Waals surface area contributed by atoms with Gasteiger partial charge in [-0.3, -0.25) is 9.48 Å². The number of cyclic esters (lactones) is 1. The minimum absolute atomic E-state index is 0.0271. The molecule has 1 aliphatic heterocycles. The molecule has 0 N–H and O–H groups in total. The fourth-order valence-corrected chi connectivity index (χ4v) is 4.46. The lowest BCUT2D eigenvalue weighted by molar-refractivity contribution is -0.145. The van der Waals surface area contributed by atoms with Crippen molar-refractivity contribution in [2.45, 2.75) is 38.3 Å². The highest BCUT2D eigenvalue weighted by atomic mass is 16.6. The molecule has 4 heteroatoms. The lowest BCUT2D eigenvalue weighted by Crippen LogP contribution is -2.41. The van der Waals surface area contributed by atoms with E-state index in [0.717, 1.165) is 23.2 Å². The largest absolute Gasteiger partial charge is 0.459 e. The van der Waals surface area contributed by atoms with Gasteiger partial charge in [-0.1, -0.05) is 67.6 Å². The Hall–Kier alpha value is -2.88. The second-order valence-corrected chi connectivity index (χ2v) is 7.18. The van der Waals surface area contributed by atoms with Gasteiger partial charge >= 0.3 is 5.97 Å². The number of benzene rings is 2. The predicted molar refractivity (Wildman–Crippen MR) is 104 cm³/mol. The van der Waals surface area contributed by atoms with E-state index in [2.05, 4.69) is 12.0 Å². The molecule has 2 atom stereocenters. The van der Waals surface area contributed by atoms with Crippen LogP contribution in [0.25, 0.3) is 0 Å². The number of rotatable bonds is 5. The monoisotopic (exact) mass is 360 g/mol. The topological polar surface area (TPSA) is 44.1 Å². The summed E-state index contributed by atoms with van der Waals surface area (Å²) in [5.41, 5.74) is 2.16. The minimum atomic E-state index is -0.788. The zero-order valence-electron chi connectivity index (χ0n) is 15.7. The Morgan fingerprint density at radius 3 is 2.07 bits per heavy atom. The van der Waals surface area contributed by atoms with E-state index < -0.39 is 5.41 Å². The molecule has 0 spiro atoms. The predicted octanol–water partition coefficient (Wildman–Crippen LogP) is 4.13. The van der Waals surface area contributed by atoms with Crippen LogP contribution >= 0.6 is 0 Å². The summed E-state index contributed by atoms with van der Waals surface area (Å²) in [6.45, 7) is 4.67. The van der Waals surface area contributed by atoms with Crippen LogP contribution in [0.15, 0.2) is 72.9 Å². The molecule has 138 valence electrons. The summed E-state index contributed by atoms with van der Waals surface area (Å²) in [6, 6.07) is 22.0.